The van der Waals surface area contributed by atoms with Crippen LogP contribution in [0.4, 0.5) is 4.79 Å². The van der Waals surface area contributed by atoms with Crippen LogP contribution in [0.25, 0.3) is 0 Å². The van der Waals surface area contributed by atoms with Crippen molar-refractivity contribution in [1.29, 1.82) is 0 Å². The van der Waals surface area contributed by atoms with E-state index in [1.54, 1.807) is 7.05 Å². The summed E-state index contributed by atoms with van der Waals surface area (Å²) in [6, 6.07) is -1.04. The highest BCUT2D eigenvalue weighted by atomic mass is 16.4. The monoisotopic (exact) mass is 244 g/mol. The van der Waals surface area contributed by atoms with Crippen LogP contribution in [0.15, 0.2) is 0 Å². The number of carboxylic acids is 1. The van der Waals surface area contributed by atoms with E-state index < -0.39 is 12.0 Å². The van der Waals surface area contributed by atoms with Crippen molar-refractivity contribution in [2.75, 3.05) is 7.05 Å². The minimum Gasteiger partial charge on any atom is -0.480 e. The predicted molar refractivity (Wildman–Crippen MR) is 66.9 cm³/mol. The average Bonchev–Trinajstić information content (AvgIpc) is 2.25. The number of hydrogen-bond acceptors (Lipinski definition) is 2. The van der Waals surface area contributed by atoms with Gasteiger partial charge in [0.25, 0.3) is 0 Å². The van der Waals surface area contributed by atoms with Gasteiger partial charge in [0.2, 0.25) is 0 Å². The van der Waals surface area contributed by atoms with Gasteiger partial charge in [0.15, 0.2) is 0 Å². The topological polar surface area (TPSA) is 69.6 Å². The maximum atomic E-state index is 11.8. The van der Waals surface area contributed by atoms with Gasteiger partial charge in [-0.05, 0) is 25.7 Å². The lowest BCUT2D eigenvalue weighted by molar-refractivity contribution is -0.139. The molecule has 5 nitrogen and oxygen atoms in total. The number of carbonyl (C=O) groups is 2. The van der Waals surface area contributed by atoms with E-state index in [0.717, 1.165) is 6.42 Å². The summed E-state index contributed by atoms with van der Waals surface area (Å²) >= 11 is 0. The number of urea groups is 1. The van der Waals surface area contributed by atoms with Crippen LogP contribution >= 0.6 is 0 Å². The number of carbonyl (C=O) groups excluding carboxylic acids is 1. The van der Waals surface area contributed by atoms with E-state index in [1.807, 2.05) is 27.7 Å². The zero-order valence-corrected chi connectivity index (χ0v) is 11.4. The molecule has 0 saturated heterocycles. The standard InChI is InChI=1S/C12H24N2O3/c1-6-9(4)14(5)12(17)13-10(11(15)16)7-8(2)3/h8-10H,6-7H2,1-5H3,(H,13,17)(H,15,16). The molecule has 100 valence electrons. The number of hydrogen-bond donors (Lipinski definition) is 2. The number of nitrogens with one attached hydrogen (secondary N) is 1. The highest BCUT2D eigenvalue weighted by molar-refractivity contribution is 5.82. The molecule has 2 amide bonds. The van der Waals surface area contributed by atoms with Crippen molar-refractivity contribution >= 4 is 12.0 Å². The van der Waals surface area contributed by atoms with E-state index in [1.165, 1.54) is 4.90 Å². The van der Waals surface area contributed by atoms with Gasteiger partial charge in [0.1, 0.15) is 6.04 Å². The normalized spacial score (nSPS) is 14.2. The Morgan fingerprint density at radius 1 is 1.29 bits per heavy atom. The lowest BCUT2D eigenvalue weighted by atomic mass is 10.0. The molecule has 5 heteroatoms. The fraction of sp³-hybridized carbons (Fsp3) is 0.833. The lowest BCUT2D eigenvalue weighted by Gasteiger charge is -2.26. The molecule has 0 heterocycles. The lowest BCUT2D eigenvalue weighted by Crippen LogP contribution is -2.49. The van der Waals surface area contributed by atoms with E-state index >= 15 is 0 Å². The van der Waals surface area contributed by atoms with Crippen LogP contribution in [0.2, 0.25) is 0 Å². The molecule has 2 N–H and O–H groups in total. The van der Waals surface area contributed by atoms with Gasteiger partial charge in [-0.15, -0.1) is 0 Å². The number of rotatable bonds is 6. The molecule has 2 atom stereocenters. The van der Waals surface area contributed by atoms with Crippen molar-refractivity contribution in [2.24, 2.45) is 5.92 Å². The summed E-state index contributed by atoms with van der Waals surface area (Å²) in [6.07, 6.45) is 1.28. The highest BCUT2D eigenvalue weighted by Crippen LogP contribution is 2.07. The fourth-order valence-corrected chi connectivity index (χ4v) is 1.42. The number of aliphatic carboxylic acids is 1. The molecule has 17 heavy (non-hydrogen) atoms. The Balaban J connectivity index is 4.45. The molecule has 0 aliphatic heterocycles. The molecule has 0 fully saturated rings. The van der Waals surface area contributed by atoms with Gasteiger partial charge in [-0.2, -0.15) is 0 Å². The zero-order chi connectivity index (χ0) is 13.6. The van der Waals surface area contributed by atoms with Crippen LogP contribution < -0.4 is 5.32 Å². The Bertz CT molecular complexity index is 266. The Labute approximate surface area is 103 Å². The van der Waals surface area contributed by atoms with Crippen molar-refractivity contribution in [1.82, 2.24) is 10.2 Å². The number of carboxylic acid groups (broad SMARTS) is 1. The summed E-state index contributed by atoms with van der Waals surface area (Å²) in [5.74, 6) is -0.755. The van der Waals surface area contributed by atoms with Gasteiger partial charge in [-0.1, -0.05) is 20.8 Å². The highest BCUT2D eigenvalue weighted by Gasteiger charge is 2.23. The van der Waals surface area contributed by atoms with Gasteiger partial charge >= 0.3 is 12.0 Å². The molecule has 0 aliphatic carbocycles. The summed E-state index contributed by atoms with van der Waals surface area (Å²) in [7, 11) is 1.68. The molecule has 0 aromatic heterocycles. The summed E-state index contributed by atoms with van der Waals surface area (Å²) < 4.78 is 0. The van der Waals surface area contributed by atoms with Crippen molar-refractivity contribution in [3.63, 3.8) is 0 Å². The maximum Gasteiger partial charge on any atom is 0.326 e. The van der Waals surface area contributed by atoms with Crippen LogP contribution in [0.5, 0.6) is 0 Å². The molecule has 0 aromatic carbocycles. The average molecular weight is 244 g/mol. The van der Waals surface area contributed by atoms with Crippen LogP contribution in [-0.2, 0) is 4.79 Å². The van der Waals surface area contributed by atoms with Crippen LogP contribution in [-0.4, -0.2) is 41.1 Å². The number of amides is 2. The van der Waals surface area contributed by atoms with Crippen molar-refractivity contribution in [2.45, 2.75) is 52.6 Å². The Hall–Kier alpha value is -1.26. The summed E-state index contributed by atoms with van der Waals surface area (Å²) in [4.78, 5) is 24.3. The third-order valence-corrected chi connectivity index (χ3v) is 2.88. The minimum atomic E-state index is -0.982. The third kappa shape index (κ3) is 5.56. The first-order valence-electron chi connectivity index (χ1n) is 6.05. The van der Waals surface area contributed by atoms with Gasteiger partial charge in [-0.25, -0.2) is 9.59 Å². The first kappa shape index (κ1) is 15.7. The SMILES string of the molecule is CCC(C)N(C)C(=O)NC(CC(C)C)C(=O)O. The maximum absolute atomic E-state index is 11.8. The first-order chi connectivity index (χ1) is 7.79. The van der Waals surface area contributed by atoms with Crippen LogP contribution in [0, 0.1) is 5.92 Å². The van der Waals surface area contributed by atoms with E-state index in [4.69, 9.17) is 5.11 Å². The fourth-order valence-electron chi connectivity index (χ4n) is 1.42. The van der Waals surface area contributed by atoms with E-state index in [9.17, 15) is 9.59 Å². The Morgan fingerprint density at radius 3 is 2.18 bits per heavy atom. The molecule has 2 unspecified atom stereocenters. The molecule has 0 spiro atoms. The van der Waals surface area contributed by atoms with E-state index in [-0.39, 0.29) is 18.0 Å². The van der Waals surface area contributed by atoms with Gasteiger partial charge in [0, 0.05) is 13.1 Å². The third-order valence-electron chi connectivity index (χ3n) is 2.88. The second-order valence-electron chi connectivity index (χ2n) is 4.84. The van der Waals surface area contributed by atoms with Crippen molar-refractivity contribution in [3.8, 4) is 0 Å². The minimum absolute atomic E-state index is 0.100. The molecule has 0 aromatic rings. The van der Waals surface area contributed by atoms with Gasteiger partial charge in [0.05, 0.1) is 0 Å². The van der Waals surface area contributed by atoms with E-state index in [0.29, 0.717) is 6.42 Å². The largest absolute Gasteiger partial charge is 0.480 e. The van der Waals surface area contributed by atoms with Gasteiger partial charge in [-0.3, -0.25) is 0 Å². The van der Waals surface area contributed by atoms with Crippen molar-refractivity contribution < 1.29 is 14.7 Å². The quantitative estimate of drug-likeness (QED) is 0.750. The molecule has 0 saturated carbocycles. The van der Waals surface area contributed by atoms with Gasteiger partial charge < -0.3 is 15.3 Å². The Morgan fingerprint density at radius 2 is 1.82 bits per heavy atom. The predicted octanol–water partition coefficient (Wildman–Crippen LogP) is 1.93. The smallest absolute Gasteiger partial charge is 0.326 e. The summed E-state index contributed by atoms with van der Waals surface area (Å²) in [5, 5.41) is 11.6. The molecular weight excluding hydrogens is 220 g/mol. The Kier molecular flexibility index (Phi) is 6.61. The second-order valence-corrected chi connectivity index (χ2v) is 4.84. The van der Waals surface area contributed by atoms with E-state index in [2.05, 4.69) is 5.32 Å². The summed E-state index contributed by atoms with van der Waals surface area (Å²) in [6.45, 7) is 7.77. The molecule has 0 bridgehead atoms. The molecular formula is C12H24N2O3. The molecule has 0 rings (SSSR count). The van der Waals surface area contributed by atoms with Crippen LogP contribution in [0.3, 0.4) is 0 Å². The molecule has 0 radical (unpaired) electrons. The molecule has 0 aliphatic rings. The number of nitrogens with zero attached hydrogens (tertiary/aromatic N) is 1. The van der Waals surface area contributed by atoms with Crippen LogP contribution in [0.1, 0.15) is 40.5 Å². The van der Waals surface area contributed by atoms with Crippen molar-refractivity contribution in [3.05, 3.63) is 0 Å². The first-order valence-corrected chi connectivity index (χ1v) is 6.05. The zero-order valence-electron chi connectivity index (χ0n) is 11.4. The summed E-state index contributed by atoms with van der Waals surface area (Å²) in [5.41, 5.74) is 0. The second kappa shape index (κ2) is 7.14.